The summed E-state index contributed by atoms with van der Waals surface area (Å²) in [4.78, 5) is 0. The maximum atomic E-state index is 6.00. The van der Waals surface area contributed by atoms with Crippen LogP contribution in [-0.4, -0.2) is 18.7 Å². The smallest absolute Gasteiger partial charge is 0.120 e. The minimum atomic E-state index is 0.0204. The van der Waals surface area contributed by atoms with Crippen molar-refractivity contribution in [2.75, 3.05) is 13.1 Å². The third kappa shape index (κ3) is 2.26. The van der Waals surface area contributed by atoms with E-state index in [1.165, 1.54) is 0 Å². The van der Waals surface area contributed by atoms with Crippen LogP contribution in [0, 0.1) is 0 Å². The predicted octanol–water partition coefficient (Wildman–Crippen LogP) is 2.21. The standard InChI is InChI=1S/C12H17NO/c1-12(7-9-13-10-8-12)14-11-5-3-2-4-6-11/h2-6,13H,7-10H2,1H3. The molecule has 1 aliphatic heterocycles. The van der Waals surface area contributed by atoms with Gasteiger partial charge in [0.05, 0.1) is 0 Å². The zero-order chi connectivity index (χ0) is 9.86. The molecule has 0 spiro atoms. The van der Waals surface area contributed by atoms with Gasteiger partial charge in [0.1, 0.15) is 11.4 Å². The van der Waals surface area contributed by atoms with Crippen molar-refractivity contribution in [3.05, 3.63) is 30.3 Å². The number of hydrogen-bond acceptors (Lipinski definition) is 2. The van der Waals surface area contributed by atoms with Gasteiger partial charge in [-0.3, -0.25) is 0 Å². The Morgan fingerprint density at radius 3 is 2.43 bits per heavy atom. The topological polar surface area (TPSA) is 21.3 Å². The molecule has 1 heterocycles. The first-order valence-electron chi connectivity index (χ1n) is 5.23. The molecule has 1 aliphatic rings. The second-order valence-corrected chi connectivity index (χ2v) is 4.12. The molecule has 1 N–H and O–H groups in total. The van der Waals surface area contributed by atoms with Crippen molar-refractivity contribution in [2.24, 2.45) is 0 Å². The lowest BCUT2D eigenvalue weighted by Gasteiger charge is -2.34. The summed E-state index contributed by atoms with van der Waals surface area (Å²) in [6, 6.07) is 10.1. The summed E-state index contributed by atoms with van der Waals surface area (Å²) in [5.41, 5.74) is 0.0204. The molecule has 14 heavy (non-hydrogen) atoms. The lowest BCUT2D eigenvalue weighted by atomic mass is 9.94. The van der Waals surface area contributed by atoms with Gasteiger partial charge in [-0.1, -0.05) is 18.2 Å². The number of piperidine rings is 1. The Morgan fingerprint density at radius 1 is 1.14 bits per heavy atom. The molecule has 0 amide bonds. The van der Waals surface area contributed by atoms with Gasteiger partial charge < -0.3 is 10.1 Å². The summed E-state index contributed by atoms with van der Waals surface area (Å²) in [5.74, 6) is 0.983. The van der Waals surface area contributed by atoms with Crippen LogP contribution in [0.4, 0.5) is 0 Å². The Morgan fingerprint density at radius 2 is 1.79 bits per heavy atom. The van der Waals surface area contributed by atoms with Gasteiger partial charge in [-0.25, -0.2) is 0 Å². The number of rotatable bonds is 2. The summed E-state index contributed by atoms with van der Waals surface area (Å²) >= 11 is 0. The van der Waals surface area contributed by atoms with Gasteiger partial charge >= 0.3 is 0 Å². The number of para-hydroxylation sites is 1. The molecule has 76 valence electrons. The van der Waals surface area contributed by atoms with E-state index in [9.17, 15) is 0 Å². The van der Waals surface area contributed by atoms with Gasteiger partial charge in [-0.15, -0.1) is 0 Å². The van der Waals surface area contributed by atoms with E-state index in [1.54, 1.807) is 0 Å². The first-order valence-corrected chi connectivity index (χ1v) is 5.23. The van der Waals surface area contributed by atoms with Crippen molar-refractivity contribution in [2.45, 2.75) is 25.4 Å². The molecule has 0 aliphatic carbocycles. The van der Waals surface area contributed by atoms with E-state index in [0.29, 0.717) is 0 Å². The van der Waals surface area contributed by atoms with Crippen molar-refractivity contribution in [1.29, 1.82) is 0 Å². The minimum Gasteiger partial charge on any atom is -0.487 e. The van der Waals surface area contributed by atoms with Crippen LogP contribution in [0.15, 0.2) is 30.3 Å². The van der Waals surface area contributed by atoms with E-state index in [2.05, 4.69) is 12.2 Å². The van der Waals surface area contributed by atoms with E-state index in [0.717, 1.165) is 31.7 Å². The molecule has 2 nitrogen and oxygen atoms in total. The fraction of sp³-hybridized carbons (Fsp3) is 0.500. The highest BCUT2D eigenvalue weighted by atomic mass is 16.5. The van der Waals surface area contributed by atoms with Crippen LogP contribution in [0.2, 0.25) is 0 Å². The van der Waals surface area contributed by atoms with E-state index in [1.807, 2.05) is 30.3 Å². The third-order valence-electron chi connectivity index (χ3n) is 2.77. The number of benzene rings is 1. The average molecular weight is 191 g/mol. The Kier molecular flexibility index (Phi) is 2.73. The molecule has 1 fully saturated rings. The van der Waals surface area contributed by atoms with Gasteiger partial charge in [0, 0.05) is 0 Å². The second-order valence-electron chi connectivity index (χ2n) is 4.12. The summed E-state index contributed by atoms with van der Waals surface area (Å²) in [5, 5.41) is 3.35. The van der Waals surface area contributed by atoms with E-state index < -0.39 is 0 Å². The van der Waals surface area contributed by atoms with Gasteiger partial charge in [-0.05, 0) is 45.0 Å². The molecule has 1 saturated heterocycles. The van der Waals surface area contributed by atoms with Gasteiger partial charge in [-0.2, -0.15) is 0 Å². The number of hydrogen-bond donors (Lipinski definition) is 1. The second kappa shape index (κ2) is 4.01. The molecular formula is C12H17NO. The molecule has 0 aromatic heterocycles. The Labute approximate surface area is 85.3 Å². The first kappa shape index (κ1) is 9.53. The monoisotopic (exact) mass is 191 g/mol. The van der Waals surface area contributed by atoms with Crippen LogP contribution < -0.4 is 10.1 Å². The molecule has 0 saturated carbocycles. The summed E-state index contributed by atoms with van der Waals surface area (Å²) in [7, 11) is 0. The molecule has 0 atom stereocenters. The molecule has 2 heteroatoms. The van der Waals surface area contributed by atoms with E-state index >= 15 is 0 Å². The molecule has 0 bridgehead atoms. The largest absolute Gasteiger partial charge is 0.487 e. The summed E-state index contributed by atoms with van der Waals surface area (Å²) < 4.78 is 6.00. The summed E-state index contributed by atoms with van der Waals surface area (Å²) in [6.07, 6.45) is 2.17. The first-order chi connectivity index (χ1) is 6.79. The molecular weight excluding hydrogens is 174 g/mol. The molecule has 1 aromatic carbocycles. The van der Waals surface area contributed by atoms with Crippen molar-refractivity contribution in [3.63, 3.8) is 0 Å². The Balaban J connectivity index is 2.02. The fourth-order valence-corrected chi connectivity index (χ4v) is 1.83. The fourth-order valence-electron chi connectivity index (χ4n) is 1.83. The van der Waals surface area contributed by atoms with Gasteiger partial charge in [0.25, 0.3) is 0 Å². The van der Waals surface area contributed by atoms with E-state index in [4.69, 9.17) is 4.74 Å². The van der Waals surface area contributed by atoms with Crippen LogP contribution >= 0.6 is 0 Å². The minimum absolute atomic E-state index is 0.0204. The molecule has 1 aromatic rings. The lowest BCUT2D eigenvalue weighted by Crippen LogP contribution is -2.43. The zero-order valence-corrected chi connectivity index (χ0v) is 8.62. The van der Waals surface area contributed by atoms with Crippen LogP contribution in [0.5, 0.6) is 5.75 Å². The average Bonchev–Trinajstić information content (AvgIpc) is 2.19. The Hall–Kier alpha value is -1.02. The highest BCUT2D eigenvalue weighted by molar-refractivity contribution is 5.22. The third-order valence-corrected chi connectivity index (χ3v) is 2.77. The predicted molar refractivity (Wildman–Crippen MR) is 57.6 cm³/mol. The van der Waals surface area contributed by atoms with Crippen molar-refractivity contribution in [1.82, 2.24) is 5.32 Å². The highest BCUT2D eigenvalue weighted by Gasteiger charge is 2.28. The van der Waals surface area contributed by atoms with Crippen molar-refractivity contribution >= 4 is 0 Å². The number of ether oxygens (including phenoxy) is 1. The van der Waals surface area contributed by atoms with Gasteiger partial charge in [0.2, 0.25) is 0 Å². The summed E-state index contributed by atoms with van der Waals surface area (Å²) in [6.45, 7) is 4.31. The Bertz CT molecular complexity index is 278. The maximum absolute atomic E-state index is 6.00. The van der Waals surface area contributed by atoms with E-state index in [-0.39, 0.29) is 5.60 Å². The quantitative estimate of drug-likeness (QED) is 0.773. The van der Waals surface area contributed by atoms with Crippen LogP contribution in [-0.2, 0) is 0 Å². The van der Waals surface area contributed by atoms with Crippen molar-refractivity contribution in [3.8, 4) is 5.75 Å². The van der Waals surface area contributed by atoms with Crippen molar-refractivity contribution < 1.29 is 4.74 Å². The van der Waals surface area contributed by atoms with Crippen LogP contribution in [0.3, 0.4) is 0 Å². The highest BCUT2D eigenvalue weighted by Crippen LogP contribution is 2.25. The van der Waals surface area contributed by atoms with Crippen LogP contribution in [0.1, 0.15) is 19.8 Å². The molecule has 0 unspecified atom stereocenters. The SMILES string of the molecule is CC1(Oc2ccccc2)CCNCC1. The molecule has 2 rings (SSSR count). The number of nitrogens with one attached hydrogen (secondary N) is 1. The van der Waals surface area contributed by atoms with Gasteiger partial charge in [0.15, 0.2) is 0 Å². The maximum Gasteiger partial charge on any atom is 0.120 e. The van der Waals surface area contributed by atoms with Crippen LogP contribution in [0.25, 0.3) is 0 Å². The lowest BCUT2D eigenvalue weighted by molar-refractivity contribution is 0.0556. The zero-order valence-electron chi connectivity index (χ0n) is 8.62. The molecule has 0 radical (unpaired) electrons. The normalized spacial score (nSPS) is 20.4.